The van der Waals surface area contributed by atoms with Crippen molar-refractivity contribution in [3.8, 4) is 5.75 Å². The van der Waals surface area contributed by atoms with Crippen LogP contribution >= 0.6 is 11.6 Å². The highest BCUT2D eigenvalue weighted by Crippen LogP contribution is 2.27. The minimum atomic E-state index is -0.560. The first-order chi connectivity index (χ1) is 11.0. The number of methoxy groups -OCH3 is 1. The molecule has 0 unspecified atom stereocenters. The Balaban J connectivity index is 1.98. The maximum absolute atomic E-state index is 12.0. The van der Waals surface area contributed by atoms with Crippen LogP contribution in [0.15, 0.2) is 42.5 Å². The molecule has 0 atom stereocenters. The van der Waals surface area contributed by atoms with Gasteiger partial charge in [0.15, 0.2) is 0 Å². The van der Waals surface area contributed by atoms with Gasteiger partial charge >= 0.3 is 0 Å². The third-order valence-corrected chi connectivity index (χ3v) is 3.36. The number of halogens is 1. The Labute approximate surface area is 138 Å². The minimum Gasteiger partial charge on any atom is -0.495 e. The Morgan fingerprint density at radius 3 is 2.61 bits per heavy atom. The Morgan fingerprint density at radius 2 is 1.96 bits per heavy atom. The molecule has 2 rings (SSSR count). The van der Waals surface area contributed by atoms with Crippen molar-refractivity contribution in [2.75, 3.05) is 24.3 Å². The summed E-state index contributed by atoms with van der Waals surface area (Å²) in [4.78, 5) is 23.3. The van der Waals surface area contributed by atoms with E-state index in [9.17, 15) is 9.59 Å². The van der Waals surface area contributed by atoms with E-state index in [1.54, 1.807) is 42.5 Å². The van der Waals surface area contributed by atoms with Gasteiger partial charge in [0.25, 0.3) is 5.91 Å². The third kappa shape index (κ3) is 4.37. The molecule has 0 spiro atoms. The minimum absolute atomic E-state index is 0.0199. The van der Waals surface area contributed by atoms with Crippen molar-refractivity contribution in [2.24, 2.45) is 5.73 Å². The summed E-state index contributed by atoms with van der Waals surface area (Å²) < 4.78 is 5.05. The van der Waals surface area contributed by atoms with E-state index in [0.29, 0.717) is 27.7 Å². The number of carbonyl (C=O) groups is 2. The van der Waals surface area contributed by atoms with Crippen molar-refractivity contribution in [3.63, 3.8) is 0 Å². The monoisotopic (exact) mass is 333 g/mol. The van der Waals surface area contributed by atoms with Gasteiger partial charge in [-0.3, -0.25) is 9.59 Å². The zero-order chi connectivity index (χ0) is 16.8. The molecule has 23 heavy (non-hydrogen) atoms. The van der Waals surface area contributed by atoms with Crippen LogP contribution in [0.4, 0.5) is 11.4 Å². The Bertz CT molecular complexity index is 734. The molecule has 2 aromatic carbocycles. The van der Waals surface area contributed by atoms with Crippen molar-refractivity contribution in [2.45, 2.75) is 0 Å². The highest BCUT2D eigenvalue weighted by Gasteiger charge is 2.09. The molecule has 0 radical (unpaired) electrons. The van der Waals surface area contributed by atoms with Crippen LogP contribution in [0.3, 0.4) is 0 Å². The number of ether oxygens (including phenoxy) is 1. The molecule has 7 heteroatoms. The quantitative estimate of drug-likeness (QED) is 0.757. The SMILES string of the molecule is COc1ccc(NC(=O)CNc2ccccc2C(N)=O)cc1Cl. The summed E-state index contributed by atoms with van der Waals surface area (Å²) in [5.41, 5.74) is 6.66. The molecule has 0 aliphatic heterocycles. The predicted octanol–water partition coefficient (Wildman–Crippen LogP) is 2.50. The second-order valence-electron chi connectivity index (χ2n) is 4.66. The zero-order valence-corrected chi connectivity index (χ0v) is 13.2. The zero-order valence-electron chi connectivity index (χ0n) is 12.4. The summed E-state index contributed by atoms with van der Waals surface area (Å²) in [5.74, 6) is -0.320. The third-order valence-electron chi connectivity index (χ3n) is 3.07. The number of para-hydroxylation sites is 1. The first-order valence-corrected chi connectivity index (χ1v) is 7.15. The molecule has 0 saturated carbocycles. The lowest BCUT2D eigenvalue weighted by Gasteiger charge is -2.11. The number of carbonyl (C=O) groups excluding carboxylic acids is 2. The van der Waals surface area contributed by atoms with Gasteiger partial charge < -0.3 is 21.1 Å². The normalized spacial score (nSPS) is 10.0. The van der Waals surface area contributed by atoms with Crippen molar-refractivity contribution >= 4 is 34.8 Å². The molecule has 0 saturated heterocycles. The number of hydrogen-bond acceptors (Lipinski definition) is 4. The van der Waals surface area contributed by atoms with Crippen molar-refractivity contribution in [3.05, 3.63) is 53.1 Å². The van der Waals surface area contributed by atoms with Gasteiger partial charge in [0, 0.05) is 11.4 Å². The van der Waals surface area contributed by atoms with Gasteiger partial charge in [-0.1, -0.05) is 23.7 Å². The first kappa shape index (κ1) is 16.6. The van der Waals surface area contributed by atoms with Crippen LogP contribution in [0.25, 0.3) is 0 Å². The van der Waals surface area contributed by atoms with Crippen LogP contribution in [0.2, 0.25) is 5.02 Å². The summed E-state index contributed by atoms with van der Waals surface area (Å²) in [7, 11) is 1.51. The lowest BCUT2D eigenvalue weighted by atomic mass is 10.1. The van der Waals surface area contributed by atoms with Gasteiger partial charge in [-0.25, -0.2) is 0 Å². The van der Waals surface area contributed by atoms with E-state index < -0.39 is 5.91 Å². The fourth-order valence-corrected chi connectivity index (χ4v) is 2.23. The topological polar surface area (TPSA) is 93.4 Å². The molecule has 0 aliphatic rings. The molecule has 0 bridgehead atoms. The van der Waals surface area contributed by atoms with E-state index >= 15 is 0 Å². The number of primary amides is 1. The van der Waals surface area contributed by atoms with Crippen LogP contribution in [-0.4, -0.2) is 25.5 Å². The molecule has 2 aromatic rings. The summed E-state index contributed by atoms with van der Waals surface area (Å²) >= 11 is 6.00. The van der Waals surface area contributed by atoms with Gasteiger partial charge in [-0.2, -0.15) is 0 Å². The standard InChI is InChI=1S/C16H16ClN3O3/c1-23-14-7-6-10(8-12(14)17)20-15(21)9-19-13-5-3-2-4-11(13)16(18)22/h2-8,19H,9H2,1H3,(H2,18,22)(H,20,21). The van der Waals surface area contributed by atoms with Crippen LogP contribution in [-0.2, 0) is 4.79 Å². The fraction of sp³-hybridized carbons (Fsp3) is 0.125. The number of hydrogen-bond donors (Lipinski definition) is 3. The summed E-state index contributed by atoms with van der Waals surface area (Å²) in [6.45, 7) is -0.0199. The van der Waals surface area contributed by atoms with E-state index in [1.165, 1.54) is 7.11 Å². The average Bonchev–Trinajstić information content (AvgIpc) is 2.53. The van der Waals surface area contributed by atoms with E-state index in [1.807, 2.05) is 0 Å². The smallest absolute Gasteiger partial charge is 0.250 e. The molecule has 0 fully saturated rings. The molecule has 4 N–H and O–H groups in total. The maximum atomic E-state index is 12.0. The largest absolute Gasteiger partial charge is 0.495 e. The van der Waals surface area contributed by atoms with Gasteiger partial charge in [-0.15, -0.1) is 0 Å². The molecule has 120 valence electrons. The summed E-state index contributed by atoms with van der Waals surface area (Å²) in [6.07, 6.45) is 0. The Morgan fingerprint density at radius 1 is 1.22 bits per heavy atom. The molecule has 6 nitrogen and oxygen atoms in total. The Kier molecular flexibility index (Phi) is 5.43. The molecule has 0 heterocycles. The van der Waals surface area contributed by atoms with E-state index in [4.69, 9.17) is 22.1 Å². The lowest BCUT2D eigenvalue weighted by Crippen LogP contribution is -2.23. The summed E-state index contributed by atoms with van der Waals surface area (Å²) in [5, 5.41) is 5.98. The fourth-order valence-electron chi connectivity index (χ4n) is 1.98. The van der Waals surface area contributed by atoms with Crippen molar-refractivity contribution in [1.29, 1.82) is 0 Å². The van der Waals surface area contributed by atoms with Crippen molar-refractivity contribution in [1.82, 2.24) is 0 Å². The van der Waals surface area contributed by atoms with Crippen LogP contribution < -0.4 is 21.1 Å². The number of nitrogens with two attached hydrogens (primary N) is 1. The molecule has 0 aliphatic carbocycles. The first-order valence-electron chi connectivity index (χ1n) is 6.77. The van der Waals surface area contributed by atoms with E-state index in [-0.39, 0.29) is 12.5 Å². The van der Waals surface area contributed by atoms with Crippen LogP contribution in [0.1, 0.15) is 10.4 Å². The number of benzene rings is 2. The molecular formula is C16H16ClN3O3. The molecular weight excluding hydrogens is 318 g/mol. The van der Waals surface area contributed by atoms with E-state index in [2.05, 4.69) is 10.6 Å². The van der Waals surface area contributed by atoms with Crippen LogP contribution in [0.5, 0.6) is 5.75 Å². The highest BCUT2D eigenvalue weighted by molar-refractivity contribution is 6.32. The lowest BCUT2D eigenvalue weighted by molar-refractivity contribution is -0.114. The number of amides is 2. The van der Waals surface area contributed by atoms with Crippen LogP contribution in [0, 0.1) is 0 Å². The molecule has 0 aromatic heterocycles. The Hall–Kier alpha value is -2.73. The van der Waals surface area contributed by atoms with Crippen molar-refractivity contribution < 1.29 is 14.3 Å². The second kappa shape index (κ2) is 7.51. The van der Waals surface area contributed by atoms with Gasteiger partial charge in [-0.05, 0) is 30.3 Å². The molecule has 2 amide bonds. The average molecular weight is 334 g/mol. The van der Waals surface area contributed by atoms with Gasteiger partial charge in [0.05, 0.1) is 24.2 Å². The predicted molar refractivity (Wildman–Crippen MR) is 90.1 cm³/mol. The number of nitrogens with one attached hydrogen (secondary N) is 2. The maximum Gasteiger partial charge on any atom is 0.250 e. The van der Waals surface area contributed by atoms with E-state index in [0.717, 1.165) is 0 Å². The number of anilines is 2. The summed E-state index contributed by atoms with van der Waals surface area (Å²) in [6, 6.07) is 11.6. The highest BCUT2D eigenvalue weighted by atomic mass is 35.5. The second-order valence-corrected chi connectivity index (χ2v) is 5.07. The van der Waals surface area contributed by atoms with Gasteiger partial charge in [0.2, 0.25) is 5.91 Å². The number of rotatable bonds is 6. The van der Waals surface area contributed by atoms with Gasteiger partial charge in [0.1, 0.15) is 5.75 Å².